The molecule has 0 aliphatic carbocycles. The molecule has 1 amide bonds. The number of nitrogens with zero attached hydrogens (tertiary/aromatic N) is 1. The van der Waals surface area contributed by atoms with Crippen molar-refractivity contribution in [1.29, 1.82) is 0 Å². The Bertz CT molecular complexity index is 343. The van der Waals surface area contributed by atoms with Crippen LogP contribution in [0.1, 0.15) is 14.5 Å². The molecule has 0 atom stereocenters. The molecule has 0 radical (unpaired) electrons. The minimum atomic E-state index is 0.0530. The molecule has 0 spiro atoms. The van der Waals surface area contributed by atoms with Gasteiger partial charge in [0.2, 0.25) is 0 Å². The normalized spacial score (nSPS) is 10.5. The van der Waals surface area contributed by atoms with Gasteiger partial charge in [0.05, 0.1) is 18.1 Å². The fourth-order valence-corrected chi connectivity index (χ4v) is 2.26. The molecule has 0 unspecified atom stereocenters. The highest BCUT2D eigenvalue weighted by atomic mass is 32.1. The van der Waals surface area contributed by atoms with Crippen molar-refractivity contribution in [2.24, 2.45) is 0 Å². The number of hydrogen-bond donors (Lipinski definition) is 0. The molecule has 4 nitrogen and oxygen atoms in total. The lowest BCUT2D eigenvalue weighted by atomic mass is 10.3. The van der Waals surface area contributed by atoms with Crippen LogP contribution in [0.15, 0.2) is 12.1 Å². The molecule has 1 aromatic rings. The van der Waals surface area contributed by atoms with Gasteiger partial charge in [0, 0.05) is 32.2 Å². The third-order valence-electron chi connectivity index (χ3n) is 2.37. The summed E-state index contributed by atoms with van der Waals surface area (Å²) in [7, 11) is 3.27. The molecule has 0 N–H and O–H groups in total. The summed E-state index contributed by atoms with van der Waals surface area (Å²) < 4.78 is 10.0. The van der Waals surface area contributed by atoms with E-state index in [1.807, 2.05) is 19.1 Å². The van der Waals surface area contributed by atoms with E-state index in [2.05, 4.69) is 0 Å². The molecular weight excluding hydrogens is 238 g/mol. The maximum Gasteiger partial charge on any atom is 0.264 e. The number of ether oxygens (including phenoxy) is 2. The first-order valence-corrected chi connectivity index (χ1v) is 6.34. The summed E-state index contributed by atoms with van der Waals surface area (Å²) in [5.74, 6) is 0.0530. The van der Waals surface area contributed by atoms with Crippen LogP contribution in [-0.2, 0) is 9.47 Å². The first kappa shape index (κ1) is 14.2. The average molecular weight is 257 g/mol. The van der Waals surface area contributed by atoms with Crippen molar-refractivity contribution in [3.8, 4) is 0 Å². The lowest BCUT2D eigenvalue weighted by Crippen LogP contribution is -2.36. The van der Waals surface area contributed by atoms with Gasteiger partial charge in [0.25, 0.3) is 5.91 Å². The van der Waals surface area contributed by atoms with Crippen LogP contribution in [0.3, 0.4) is 0 Å². The van der Waals surface area contributed by atoms with Gasteiger partial charge >= 0.3 is 0 Å². The van der Waals surface area contributed by atoms with E-state index in [-0.39, 0.29) is 5.91 Å². The van der Waals surface area contributed by atoms with Crippen LogP contribution in [0, 0.1) is 6.92 Å². The van der Waals surface area contributed by atoms with Crippen molar-refractivity contribution in [3.05, 3.63) is 21.9 Å². The SMILES string of the molecule is COCCN(CCOC)C(=O)c1ccc(C)s1. The Morgan fingerprint density at radius 3 is 2.24 bits per heavy atom. The van der Waals surface area contributed by atoms with Gasteiger partial charge in [0.1, 0.15) is 0 Å². The van der Waals surface area contributed by atoms with Crippen LogP contribution in [-0.4, -0.2) is 51.3 Å². The monoisotopic (exact) mass is 257 g/mol. The molecule has 1 rings (SSSR count). The van der Waals surface area contributed by atoms with E-state index < -0.39 is 0 Å². The number of methoxy groups -OCH3 is 2. The van der Waals surface area contributed by atoms with Gasteiger partial charge in [0.15, 0.2) is 0 Å². The molecular formula is C12H19NO3S. The van der Waals surface area contributed by atoms with E-state index >= 15 is 0 Å². The smallest absolute Gasteiger partial charge is 0.264 e. The second-order valence-electron chi connectivity index (χ2n) is 3.69. The zero-order valence-electron chi connectivity index (χ0n) is 10.6. The average Bonchev–Trinajstić information content (AvgIpc) is 2.75. The van der Waals surface area contributed by atoms with E-state index in [0.717, 1.165) is 9.75 Å². The second kappa shape index (κ2) is 7.42. The van der Waals surface area contributed by atoms with E-state index in [9.17, 15) is 4.79 Å². The molecule has 0 aromatic carbocycles. The first-order chi connectivity index (χ1) is 8.19. The standard InChI is InChI=1S/C12H19NO3S/c1-10-4-5-11(17-10)12(14)13(6-8-15-2)7-9-16-3/h4-5H,6-9H2,1-3H3. The summed E-state index contributed by atoms with van der Waals surface area (Å²) in [6, 6.07) is 3.83. The van der Waals surface area contributed by atoms with Crippen LogP contribution in [0.25, 0.3) is 0 Å². The van der Waals surface area contributed by atoms with Gasteiger partial charge < -0.3 is 14.4 Å². The summed E-state index contributed by atoms with van der Waals surface area (Å²) in [4.78, 5) is 15.9. The lowest BCUT2D eigenvalue weighted by Gasteiger charge is -2.21. The number of aryl methyl sites for hydroxylation is 1. The molecule has 1 heterocycles. The lowest BCUT2D eigenvalue weighted by molar-refractivity contribution is 0.0632. The predicted octanol–water partition coefficient (Wildman–Crippen LogP) is 1.79. The highest BCUT2D eigenvalue weighted by Crippen LogP contribution is 2.17. The molecule has 0 aliphatic heterocycles. The number of rotatable bonds is 7. The molecule has 0 aliphatic rings. The van der Waals surface area contributed by atoms with Crippen molar-refractivity contribution >= 4 is 17.2 Å². The fraction of sp³-hybridized carbons (Fsp3) is 0.583. The summed E-state index contributed by atoms with van der Waals surface area (Å²) >= 11 is 1.52. The Hall–Kier alpha value is -0.910. The minimum absolute atomic E-state index is 0.0530. The maximum atomic E-state index is 12.2. The van der Waals surface area contributed by atoms with Crippen molar-refractivity contribution in [2.75, 3.05) is 40.5 Å². The van der Waals surface area contributed by atoms with Gasteiger partial charge in [-0.3, -0.25) is 4.79 Å². The predicted molar refractivity (Wildman–Crippen MR) is 68.7 cm³/mol. The summed E-state index contributed by atoms with van der Waals surface area (Å²) in [6.45, 7) is 4.26. The second-order valence-corrected chi connectivity index (χ2v) is 4.98. The molecule has 0 fully saturated rings. The summed E-state index contributed by atoms with van der Waals surface area (Å²) in [6.07, 6.45) is 0. The first-order valence-electron chi connectivity index (χ1n) is 5.52. The number of carbonyl (C=O) groups excluding carboxylic acids is 1. The Morgan fingerprint density at radius 2 is 1.82 bits per heavy atom. The summed E-state index contributed by atoms with van der Waals surface area (Å²) in [5, 5.41) is 0. The van der Waals surface area contributed by atoms with Crippen molar-refractivity contribution in [2.45, 2.75) is 6.92 Å². The van der Waals surface area contributed by atoms with Crippen LogP contribution in [0.4, 0.5) is 0 Å². The van der Waals surface area contributed by atoms with Gasteiger partial charge in [-0.1, -0.05) is 0 Å². The van der Waals surface area contributed by atoms with Gasteiger partial charge in [-0.05, 0) is 19.1 Å². The maximum absolute atomic E-state index is 12.2. The molecule has 5 heteroatoms. The quantitative estimate of drug-likeness (QED) is 0.747. The van der Waals surface area contributed by atoms with Crippen LogP contribution in [0.5, 0.6) is 0 Å². The Labute approximate surface area is 106 Å². The van der Waals surface area contributed by atoms with E-state index in [1.54, 1.807) is 19.1 Å². The number of amides is 1. The van der Waals surface area contributed by atoms with Crippen molar-refractivity contribution in [1.82, 2.24) is 4.90 Å². The molecule has 96 valence electrons. The summed E-state index contributed by atoms with van der Waals surface area (Å²) in [5.41, 5.74) is 0. The largest absolute Gasteiger partial charge is 0.383 e. The topological polar surface area (TPSA) is 38.8 Å². The molecule has 0 bridgehead atoms. The molecule has 0 saturated heterocycles. The third kappa shape index (κ3) is 4.46. The Morgan fingerprint density at radius 1 is 1.24 bits per heavy atom. The van der Waals surface area contributed by atoms with Crippen LogP contribution < -0.4 is 0 Å². The Kier molecular flexibility index (Phi) is 6.18. The zero-order chi connectivity index (χ0) is 12.7. The highest BCUT2D eigenvalue weighted by Gasteiger charge is 2.16. The van der Waals surface area contributed by atoms with Crippen LogP contribution in [0.2, 0.25) is 0 Å². The molecule has 17 heavy (non-hydrogen) atoms. The third-order valence-corrected chi connectivity index (χ3v) is 3.36. The van der Waals surface area contributed by atoms with Gasteiger partial charge in [-0.2, -0.15) is 0 Å². The van der Waals surface area contributed by atoms with Crippen molar-refractivity contribution < 1.29 is 14.3 Å². The van der Waals surface area contributed by atoms with Crippen molar-refractivity contribution in [3.63, 3.8) is 0 Å². The Balaban J connectivity index is 2.64. The molecule has 0 saturated carbocycles. The molecule has 1 aromatic heterocycles. The van der Waals surface area contributed by atoms with Gasteiger partial charge in [-0.15, -0.1) is 11.3 Å². The van der Waals surface area contributed by atoms with E-state index in [4.69, 9.17) is 9.47 Å². The fourth-order valence-electron chi connectivity index (χ4n) is 1.42. The number of hydrogen-bond acceptors (Lipinski definition) is 4. The number of carbonyl (C=O) groups is 1. The minimum Gasteiger partial charge on any atom is -0.383 e. The zero-order valence-corrected chi connectivity index (χ0v) is 11.4. The van der Waals surface area contributed by atoms with E-state index in [1.165, 1.54) is 11.3 Å². The number of thiophene rings is 1. The van der Waals surface area contributed by atoms with Gasteiger partial charge in [-0.25, -0.2) is 0 Å². The highest BCUT2D eigenvalue weighted by molar-refractivity contribution is 7.13. The van der Waals surface area contributed by atoms with E-state index in [0.29, 0.717) is 26.3 Å². The van der Waals surface area contributed by atoms with Crippen LogP contribution >= 0.6 is 11.3 Å².